The predicted octanol–water partition coefficient (Wildman–Crippen LogP) is 4.62. The van der Waals surface area contributed by atoms with E-state index >= 15 is 0 Å². The first-order valence-electron chi connectivity index (χ1n) is 7.65. The van der Waals surface area contributed by atoms with Gasteiger partial charge in [-0.1, -0.05) is 47.5 Å². The first kappa shape index (κ1) is 15.0. The van der Waals surface area contributed by atoms with E-state index < -0.39 is 0 Å². The fraction of sp³-hybridized carbons (Fsp3) is 1.00. The molecule has 0 amide bonds. The zero-order chi connectivity index (χ0) is 12.9. The van der Waals surface area contributed by atoms with E-state index in [1.807, 2.05) is 0 Å². The van der Waals surface area contributed by atoms with Crippen molar-refractivity contribution in [3.8, 4) is 0 Å². The van der Waals surface area contributed by atoms with E-state index in [1.54, 1.807) is 0 Å². The Morgan fingerprint density at radius 3 is 2.18 bits per heavy atom. The van der Waals surface area contributed by atoms with Crippen molar-refractivity contribution in [3.05, 3.63) is 0 Å². The van der Waals surface area contributed by atoms with Gasteiger partial charge >= 0.3 is 0 Å². The molecule has 17 heavy (non-hydrogen) atoms. The lowest BCUT2D eigenvalue weighted by atomic mass is 9.74. The maximum atomic E-state index is 3.81. The van der Waals surface area contributed by atoms with E-state index in [4.69, 9.17) is 0 Å². The van der Waals surface area contributed by atoms with Crippen LogP contribution in [-0.2, 0) is 0 Å². The Hall–Kier alpha value is -0.0400. The van der Waals surface area contributed by atoms with E-state index in [0.717, 1.165) is 17.9 Å². The van der Waals surface area contributed by atoms with Crippen molar-refractivity contribution in [1.82, 2.24) is 5.32 Å². The number of nitrogens with one attached hydrogen (secondary N) is 1. The van der Waals surface area contributed by atoms with Gasteiger partial charge in [0.15, 0.2) is 0 Å². The number of hydrogen-bond acceptors (Lipinski definition) is 1. The quantitative estimate of drug-likeness (QED) is 0.738. The summed E-state index contributed by atoms with van der Waals surface area (Å²) in [5.41, 5.74) is 0.453. The Morgan fingerprint density at radius 2 is 1.71 bits per heavy atom. The first-order valence-corrected chi connectivity index (χ1v) is 7.65. The van der Waals surface area contributed by atoms with Crippen LogP contribution >= 0.6 is 0 Å². The lowest BCUT2D eigenvalue weighted by Crippen LogP contribution is -2.41. The molecule has 1 saturated carbocycles. The fourth-order valence-electron chi connectivity index (χ4n) is 3.08. The Labute approximate surface area is 109 Å². The van der Waals surface area contributed by atoms with Gasteiger partial charge in [0.05, 0.1) is 0 Å². The largest absolute Gasteiger partial charge is 0.314 e. The van der Waals surface area contributed by atoms with E-state index in [2.05, 4.69) is 39.9 Å². The standard InChI is InChI=1S/C16H33N/c1-6-11-17-15(12-16(3,4)5)14-9-7-13(2)8-10-14/h13-15,17H,6-12H2,1-5H3. The molecular weight excluding hydrogens is 206 g/mol. The van der Waals surface area contributed by atoms with Crippen LogP contribution in [-0.4, -0.2) is 12.6 Å². The summed E-state index contributed by atoms with van der Waals surface area (Å²) in [4.78, 5) is 0. The summed E-state index contributed by atoms with van der Waals surface area (Å²) in [6.45, 7) is 13.0. The molecule has 1 unspecified atom stereocenters. The van der Waals surface area contributed by atoms with Crippen LogP contribution in [0, 0.1) is 17.3 Å². The molecule has 0 heterocycles. The summed E-state index contributed by atoms with van der Waals surface area (Å²) in [7, 11) is 0. The van der Waals surface area contributed by atoms with Crippen LogP contribution in [0.25, 0.3) is 0 Å². The van der Waals surface area contributed by atoms with E-state index in [9.17, 15) is 0 Å². The Balaban J connectivity index is 2.49. The molecule has 0 bridgehead atoms. The van der Waals surface area contributed by atoms with Gasteiger partial charge in [0.25, 0.3) is 0 Å². The van der Waals surface area contributed by atoms with Gasteiger partial charge in [-0.3, -0.25) is 0 Å². The van der Waals surface area contributed by atoms with Crippen molar-refractivity contribution in [2.24, 2.45) is 17.3 Å². The topological polar surface area (TPSA) is 12.0 Å². The molecule has 0 aromatic carbocycles. The summed E-state index contributed by atoms with van der Waals surface area (Å²) in [6.07, 6.45) is 8.35. The van der Waals surface area contributed by atoms with Crippen molar-refractivity contribution in [3.63, 3.8) is 0 Å². The van der Waals surface area contributed by atoms with Crippen molar-refractivity contribution >= 4 is 0 Å². The molecule has 1 atom stereocenters. The number of rotatable bonds is 5. The van der Waals surface area contributed by atoms with Gasteiger partial charge in [0, 0.05) is 6.04 Å². The predicted molar refractivity (Wildman–Crippen MR) is 77.3 cm³/mol. The average molecular weight is 239 g/mol. The summed E-state index contributed by atoms with van der Waals surface area (Å²) >= 11 is 0. The minimum atomic E-state index is 0.453. The Morgan fingerprint density at radius 1 is 1.12 bits per heavy atom. The molecule has 0 radical (unpaired) electrons. The fourth-order valence-corrected chi connectivity index (χ4v) is 3.08. The molecule has 1 aliphatic rings. The minimum Gasteiger partial charge on any atom is -0.314 e. The third kappa shape index (κ3) is 5.90. The monoisotopic (exact) mass is 239 g/mol. The molecular formula is C16H33N. The van der Waals surface area contributed by atoms with Gasteiger partial charge in [-0.15, -0.1) is 0 Å². The second kappa shape index (κ2) is 6.78. The third-order valence-corrected chi connectivity index (χ3v) is 4.12. The normalized spacial score (nSPS) is 28.1. The lowest BCUT2D eigenvalue weighted by molar-refractivity contribution is 0.185. The molecule has 1 heteroatoms. The summed E-state index contributed by atoms with van der Waals surface area (Å²) in [6, 6.07) is 0.752. The Bertz CT molecular complexity index is 196. The van der Waals surface area contributed by atoms with Gasteiger partial charge in [-0.2, -0.15) is 0 Å². The molecule has 1 N–H and O–H groups in total. The van der Waals surface area contributed by atoms with E-state index in [1.165, 1.54) is 45.1 Å². The summed E-state index contributed by atoms with van der Waals surface area (Å²) < 4.78 is 0. The second-order valence-electron chi connectivity index (χ2n) is 7.35. The first-order chi connectivity index (χ1) is 7.92. The highest BCUT2D eigenvalue weighted by molar-refractivity contribution is 4.84. The molecule has 0 aromatic rings. The molecule has 0 aliphatic heterocycles. The van der Waals surface area contributed by atoms with Crippen molar-refractivity contribution < 1.29 is 0 Å². The molecule has 102 valence electrons. The maximum absolute atomic E-state index is 3.81. The third-order valence-electron chi connectivity index (χ3n) is 4.12. The van der Waals surface area contributed by atoms with Crippen LogP contribution in [0.15, 0.2) is 0 Å². The highest BCUT2D eigenvalue weighted by Crippen LogP contribution is 2.34. The maximum Gasteiger partial charge on any atom is 0.0100 e. The van der Waals surface area contributed by atoms with Gasteiger partial charge < -0.3 is 5.32 Å². The molecule has 1 aliphatic carbocycles. The summed E-state index contributed by atoms with van der Waals surface area (Å²) in [5.74, 6) is 1.89. The van der Waals surface area contributed by atoms with Crippen LogP contribution in [0.1, 0.15) is 73.1 Å². The molecule has 0 aromatic heterocycles. The minimum absolute atomic E-state index is 0.453. The van der Waals surface area contributed by atoms with Crippen molar-refractivity contribution in [2.45, 2.75) is 79.2 Å². The molecule has 0 spiro atoms. The van der Waals surface area contributed by atoms with Gasteiger partial charge in [-0.05, 0) is 49.5 Å². The van der Waals surface area contributed by atoms with Crippen LogP contribution in [0.4, 0.5) is 0 Å². The van der Waals surface area contributed by atoms with Crippen LogP contribution < -0.4 is 5.32 Å². The van der Waals surface area contributed by atoms with Crippen LogP contribution in [0.2, 0.25) is 0 Å². The lowest BCUT2D eigenvalue weighted by Gasteiger charge is -2.36. The Kier molecular flexibility index (Phi) is 5.99. The average Bonchev–Trinajstić information content (AvgIpc) is 2.24. The number of hydrogen-bond donors (Lipinski definition) is 1. The zero-order valence-electron chi connectivity index (χ0n) is 12.7. The highest BCUT2D eigenvalue weighted by Gasteiger charge is 2.28. The van der Waals surface area contributed by atoms with Crippen molar-refractivity contribution in [2.75, 3.05) is 6.54 Å². The highest BCUT2D eigenvalue weighted by atomic mass is 14.9. The summed E-state index contributed by atoms with van der Waals surface area (Å²) in [5, 5.41) is 3.81. The van der Waals surface area contributed by atoms with Gasteiger partial charge in [0.2, 0.25) is 0 Å². The van der Waals surface area contributed by atoms with Crippen molar-refractivity contribution in [1.29, 1.82) is 0 Å². The molecule has 1 rings (SSSR count). The molecule has 0 saturated heterocycles. The van der Waals surface area contributed by atoms with Crippen LogP contribution in [0.3, 0.4) is 0 Å². The molecule has 1 nitrogen and oxygen atoms in total. The van der Waals surface area contributed by atoms with Gasteiger partial charge in [0.1, 0.15) is 0 Å². The molecule has 1 fully saturated rings. The van der Waals surface area contributed by atoms with E-state index in [0.29, 0.717) is 5.41 Å². The van der Waals surface area contributed by atoms with Gasteiger partial charge in [-0.25, -0.2) is 0 Å². The SMILES string of the molecule is CCCNC(CC(C)(C)C)C1CCC(C)CC1. The smallest absolute Gasteiger partial charge is 0.0100 e. The van der Waals surface area contributed by atoms with Crippen LogP contribution in [0.5, 0.6) is 0 Å². The van der Waals surface area contributed by atoms with E-state index in [-0.39, 0.29) is 0 Å². The zero-order valence-corrected chi connectivity index (χ0v) is 12.7. The second-order valence-corrected chi connectivity index (χ2v) is 7.35.